The highest BCUT2D eigenvalue weighted by molar-refractivity contribution is 7.80. The number of nitrogens with two attached hydrogens (primary N) is 1. The van der Waals surface area contributed by atoms with Crippen molar-refractivity contribution >= 4 is 17.2 Å². The van der Waals surface area contributed by atoms with Crippen LogP contribution in [-0.2, 0) is 0 Å². The first-order valence-electron chi connectivity index (χ1n) is 7.09. The number of hydrogen-bond acceptors (Lipinski definition) is 4. The second-order valence-electron chi connectivity index (χ2n) is 5.24. The lowest BCUT2D eigenvalue weighted by Crippen LogP contribution is -2.32. The van der Waals surface area contributed by atoms with Gasteiger partial charge in [-0.1, -0.05) is 24.4 Å². The molecule has 1 aliphatic heterocycles. The van der Waals surface area contributed by atoms with Gasteiger partial charge in [-0.3, -0.25) is 4.90 Å². The van der Waals surface area contributed by atoms with E-state index in [1.165, 1.54) is 13.0 Å². The van der Waals surface area contributed by atoms with E-state index < -0.39 is 0 Å². The summed E-state index contributed by atoms with van der Waals surface area (Å²) in [5.41, 5.74) is 6.48. The van der Waals surface area contributed by atoms with Gasteiger partial charge in [0.15, 0.2) is 0 Å². The molecule has 0 bridgehead atoms. The Morgan fingerprint density at radius 3 is 2.95 bits per heavy atom. The summed E-state index contributed by atoms with van der Waals surface area (Å²) in [5, 5.41) is 0. The van der Waals surface area contributed by atoms with Crippen LogP contribution in [0.5, 0.6) is 5.75 Å². The molecule has 1 aromatic carbocycles. The molecule has 1 heterocycles. The summed E-state index contributed by atoms with van der Waals surface area (Å²) in [5.74, 6) is 0.835. The van der Waals surface area contributed by atoms with Gasteiger partial charge in [0.25, 0.3) is 0 Å². The largest absolute Gasteiger partial charge is 0.492 e. The number of nitrogens with zero attached hydrogens (tertiary/aromatic N) is 2. The minimum Gasteiger partial charge on any atom is -0.492 e. The van der Waals surface area contributed by atoms with Gasteiger partial charge >= 0.3 is 0 Å². The van der Waals surface area contributed by atoms with Crippen molar-refractivity contribution < 1.29 is 4.74 Å². The van der Waals surface area contributed by atoms with E-state index in [1.807, 2.05) is 24.3 Å². The second-order valence-corrected chi connectivity index (χ2v) is 5.68. The first-order valence-corrected chi connectivity index (χ1v) is 7.49. The molecule has 0 radical (unpaired) electrons. The van der Waals surface area contributed by atoms with Crippen molar-refractivity contribution in [3.8, 4) is 5.75 Å². The molecule has 2 rings (SSSR count). The van der Waals surface area contributed by atoms with Crippen LogP contribution in [-0.4, -0.2) is 61.2 Å². The van der Waals surface area contributed by atoms with Gasteiger partial charge in [0.1, 0.15) is 17.3 Å². The maximum atomic E-state index is 5.80. The second kappa shape index (κ2) is 7.57. The van der Waals surface area contributed by atoms with E-state index in [1.54, 1.807) is 0 Å². The Balaban J connectivity index is 1.78. The smallest absolute Gasteiger partial charge is 0.120 e. The van der Waals surface area contributed by atoms with Gasteiger partial charge in [0.05, 0.1) is 0 Å². The number of ether oxygens (including phenoxy) is 1. The van der Waals surface area contributed by atoms with Crippen LogP contribution < -0.4 is 10.5 Å². The van der Waals surface area contributed by atoms with Gasteiger partial charge in [-0.25, -0.2) is 0 Å². The van der Waals surface area contributed by atoms with E-state index in [-0.39, 0.29) is 0 Å². The lowest BCUT2D eigenvalue weighted by Gasteiger charge is -2.20. The Kier molecular flexibility index (Phi) is 5.76. The summed E-state index contributed by atoms with van der Waals surface area (Å²) in [7, 11) is 2.18. The molecule has 110 valence electrons. The molecular formula is C15H23N3OS. The normalized spacial score (nSPS) is 17.6. The molecule has 1 aromatic rings. The summed E-state index contributed by atoms with van der Waals surface area (Å²) in [4.78, 5) is 5.25. The van der Waals surface area contributed by atoms with Crippen molar-refractivity contribution in [2.45, 2.75) is 6.42 Å². The third-order valence-electron chi connectivity index (χ3n) is 3.61. The number of thiocarbonyl (C=S) groups is 1. The molecule has 1 aliphatic rings. The summed E-state index contributed by atoms with van der Waals surface area (Å²) in [6.45, 7) is 6.26. The fourth-order valence-electron chi connectivity index (χ4n) is 2.36. The molecule has 4 nitrogen and oxygen atoms in total. The van der Waals surface area contributed by atoms with Crippen molar-refractivity contribution in [2.24, 2.45) is 5.73 Å². The number of benzene rings is 1. The maximum absolute atomic E-state index is 5.80. The summed E-state index contributed by atoms with van der Waals surface area (Å²) in [6, 6.07) is 7.67. The van der Waals surface area contributed by atoms with Crippen molar-refractivity contribution in [1.29, 1.82) is 0 Å². The molecule has 0 atom stereocenters. The van der Waals surface area contributed by atoms with E-state index in [9.17, 15) is 0 Å². The third-order valence-corrected chi connectivity index (χ3v) is 3.84. The third kappa shape index (κ3) is 4.74. The monoisotopic (exact) mass is 293 g/mol. The molecule has 5 heteroatoms. The van der Waals surface area contributed by atoms with Gasteiger partial charge < -0.3 is 15.4 Å². The van der Waals surface area contributed by atoms with Crippen LogP contribution in [0, 0.1) is 0 Å². The maximum Gasteiger partial charge on any atom is 0.120 e. The minimum absolute atomic E-state index is 0.408. The van der Waals surface area contributed by atoms with Crippen LogP contribution in [0.2, 0.25) is 0 Å². The fraction of sp³-hybridized carbons (Fsp3) is 0.533. The zero-order valence-corrected chi connectivity index (χ0v) is 12.9. The van der Waals surface area contributed by atoms with Crippen LogP contribution in [0.25, 0.3) is 0 Å². The molecule has 2 N–H and O–H groups in total. The van der Waals surface area contributed by atoms with Crippen molar-refractivity contribution in [3.05, 3.63) is 29.8 Å². The van der Waals surface area contributed by atoms with E-state index in [0.717, 1.165) is 37.5 Å². The highest BCUT2D eigenvalue weighted by atomic mass is 32.1. The average molecular weight is 293 g/mol. The van der Waals surface area contributed by atoms with Crippen molar-refractivity contribution in [1.82, 2.24) is 9.80 Å². The topological polar surface area (TPSA) is 41.7 Å². The van der Waals surface area contributed by atoms with Crippen LogP contribution in [0.15, 0.2) is 24.3 Å². The Morgan fingerprint density at radius 2 is 2.15 bits per heavy atom. The molecule has 0 aromatic heterocycles. The summed E-state index contributed by atoms with van der Waals surface area (Å²) >= 11 is 4.97. The Hall–Kier alpha value is -1.17. The molecule has 0 unspecified atom stereocenters. The Morgan fingerprint density at radius 1 is 1.30 bits per heavy atom. The van der Waals surface area contributed by atoms with Crippen molar-refractivity contribution in [2.75, 3.05) is 46.4 Å². The van der Waals surface area contributed by atoms with Crippen LogP contribution in [0.3, 0.4) is 0 Å². The number of rotatable bonds is 5. The summed E-state index contributed by atoms with van der Waals surface area (Å²) in [6.07, 6.45) is 1.23. The first kappa shape index (κ1) is 15.2. The van der Waals surface area contributed by atoms with E-state index in [4.69, 9.17) is 22.7 Å². The molecule has 0 spiro atoms. The Labute approximate surface area is 126 Å². The predicted octanol–water partition coefficient (Wildman–Crippen LogP) is 1.34. The van der Waals surface area contributed by atoms with Crippen LogP contribution >= 0.6 is 12.2 Å². The Bertz CT molecular complexity index is 452. The average Bonchev–Trinajstić information content (AvgIpc) is 2.64. The van der Waals surface area contributed by atoms with E-state index in [2.05, 4.69) is 16.8 Å². The van der Waals surface area contributed by atoms with E-state index >= 15 is 0 Å². The van der Waals surface area contributed by atoms with Crippen LogP contribution in [0.1, 0.15) is 12.0 Å². The molecule has 0 saturated carbocycles. The highest BCUT2D eigenvalue weighted by Crippen LogP contribution is 2.13. The van der Waals surface area contributed by atoms with Gasteiger partial charge in [-0.05, 0) is 38.7 Å². The molecule has 20 heavy (non-hydrogen) atoms. The zero-order chi connectivity index (χ0) is 14.4. The van der Waals surface area contributed by atoms with Gasteiger partial charge in [0, 0.05) is 25.2 Å². The summed E-state index contributed by atoms with van der Waals surface area (Å²) < 4.78 is 5.80. The van der Waals surface area contributed by atoms with Gasteiger partial charge in [0.2, 0.25) is 0 Å². The zero-order valence-electron chi connectivity index (χ0n) is 12.0. The quantitative estimate of drug-likeness (QED) is 0.830. The first-order chi connectivity index (χ1) is 9.65. The lowest BCUT2D eigenvalue weighted by molar-refractivity contribution is 0.213. The predicted molar refractivity (Wildman–Crippen MR) is 86.4 cm³/mol. The molecule has 1 saturated heterocycles. The molecule has 1 fully saturated rings. The minimum atomic E-state index is 0.408. The standard InChI is InChI=1S/C15H23N3OS/c1-17-6-3-7-18(9-8-17)10-11-19-14-5-2-4-13(12-14)15(16)20/h2,4-5,12H,3,6-11H2,1H3,(H2,16,20). The molecule has 0 amide bonds. The van der Waals surface area contributed by atoms with Crippen LogP contribution in [0.4, 0.5) is 0 Å². The van der Waals surface area contributed by atoms with Gasteiger partial charge in [-0.15, -0.1) is 0 Å². The molecular weight excluding hydrogens is 270 g/mol. The lowest BCUT2D eigenvalue weighted by atomic mass is 10.2. The highest BCUT2D eigenvalue weighted by Gasteiger charge is 2.11. The SMILES string of the molecule is CN1CCCN(CCOc2cccc(C(N)=S)c2)CC1. The van der Waals surface area contributed by atoms with Crippen molar-refractivity contribution in [3.63, 3.8) is 0 Å². The van der Waals surface area contributed by atoms with E-state index in [0.29, 0.717) is 11.6 Å². The molecule has 0 aliphatic carbocycles. The van der Waals surface area contributed by atoms with Gasteiger partial charge in [-0.2, -0.15) is 0 Å². The number of hydrogen-bond donors (Lipinski definition) is 1. The fourth-order valence-corrected chi connectivity index (χ4v) is 2.48. The number of likely N-dealkylation sites (N-methyl/N-ethyl adjacent to an activating group) is 1.